The molecule has 1 fully saturated rings. The lowest BCUT2D eigenvalue weighted by molar-refractivity contribution is -0.0480. The Kier molecular flexibility index (Phi) is 6.37. The van der Waals surface area contributed by atoms with Gasteiger partial charge in [0.2, 0.25) is 10.0 Å². The Labute approximate surface area is 175 Å². The molecular weight excluding hydrogens is 444 g/mol. The van der Waals surface area contributed by atoms with Crippen LogP contribution in [0.4, 0.5) is 23.2 Å². The molecule has 168 valence electrons. The molecule has 0 bridgehead atoms. The maximum absolute atomic E-state index is 14.3. The highest BCUT2D eigenvalue weighted by molar-refractivity contribution is 7.89. The van der Waals surface area contributed by atoms with Gasteiger partial charge >= 0.3 is 0 Å². The third-order valence-corrected chi connectivity index (χ3v) is 6.91. The Morgan fingerprint density at radius 1 is 1.03 bits per heavy atom. The zero-order chi connectivity index (χ0) is 23.0. The van der Waals surface area contributed by atoms with Gasteiger partial charge in [-0.15, -0.1) is 0 Å². The summed E-state index contributed by atoms with van der Waals surface area (Å²) in [6.45, 7) is -0.901. The van der Waals surface area contributed by atoms with Crippen molar-refractivity contribution in [2.45, 2.75) is 23.3 Å². The summed E-state index contributed by atoms with van der Waals surface area (Å²) in [5.74, 6) is -6.92. The molecule has 12 heteroatoms. The molecule has 0 atom stereocenters. The van der Waals surface area contributed by atoms with Gasteiger partial charge in [0.15, 0.2) is 17.5 Å². The first-order valence-electron chi connectivity index (χ1n) is 9.06. The quantitative estimate of drug-likeness (QED) is 0.466. The van der Waals surface area contributed by atoms with Gasteiger partial charge in [-0.2, -0.15) is 4.31 Å². The number of rotatable bonds is 5. The van der Waals surface area contributed by atoms with Crippen LogP contribution in [0.5, 0.6) is 0 Å². The van der Waals surface area contributed by atoms with Gasteiger partial charge in [0, 0.05) is 36.5 Å². The molecule has 3 N–H and O–H groups in total. The molecule has 31 heavy (non-hydrogen) atoms. The number of aliphatic hydroxyl groups excluding tert-OH is 1. The molecule has 0 aliphatic carbocycles. The fourth-order valence-corrected chi connectivity index (χ4v) is 4.65. The van der Waals surface area contributed by atoms with Crippen LogP contribution >= 0.6 is 0 Å². The molecule has 7 nitrogen and oxygen atoms in total. The van der Waals surface area contributed by atoms with Crippen molar-refractivity contribution in [1.82, 2.24) is 4.31 Å². The van der Waals surface area contributed by atoms with Gasteiger partial charge in [-0.1, -0.05) is 0 Å². The van der Waals surface area contributed by atoms with Gasteiger partial charge in [-0.3, -0.25) is 4.79 Å². The highest BCUT2D eigenvalue weighted by Crippen LogP contribution is 2.28. The molecule has 0 aromatic heterocycles. The summed E-state index contributed by atoms with van der Waals surface area (Å²) >= 11 is 0. The smallest absolute Gasteiger partial charge is 0.255 e. The molecule has 3 rings (SSSR count). The van der Waals surface area contributed by atoms with E-state index in [9.17, 15) is 41.0 Å². The number of amides is 1. The van der Waals surface area contributed by atoms with Gasteiger partial charge in [-0.05, 0) is 31.0 Å². The first-order chi connectivity index (χ1) is 14.5. The van der Waals surface area contributed by atoms with Crippen molar-refractivity contribution in [2.24, 2.45) is 0 Å². The number of hydrogen-bond acceptors (Lipinski definition) is 5. The van der Waals surface area contributed by atoms with Crippen LogP contribution in [-0.2, 0) is 10.0 Å². The van der Waals surface area contributed by atoms with Crippen LogP contribution in [0.15, 0.2) is 35.2 Å². The monoisotopic (exact) mass is 462 g/mol. The number of nitrogens with one attached hydrogen (secondary N) is 1. The van der Waals surface area contributed by atoms with Gasteiger partial charge in [0.1, 0.15) is 10.7 Å². The second kappa shape index (κ2) is 8.54. The molecule has 2 aromatic carbocycles. The van der Waals surface area contributed by atoms with E-state index in [1.807, 2.05) is 0 Å². The molecular formula is C19H18F4N2O5S. The summed E-state index contributed by atoms with van der Waals surface area (Å²) in [5, 5.41) is 21.3. The lowest BCUT2D eigenvalue weighted by atomic mass is 9.94. The lowest BCUT2D eigenvalue weighted by Gasteiger charge is -2.36. The molecule has 0 unspecified atom stereocenters. The van der Waals surface area contributed by atoms with Crippen LogP contribution in [0.2, 0.25) is 0 Å². The number of halogens is 4. The highest BCUT2D eigenvalue weighted by Gasteiger charge is 2.37. The van der Waals surface area contributed by atoms with Crippen LogP contribution < -0.4 is 5.32 Å². The van der Waals surface area contributed by atoms with E-state index in [1.54, 1.807) is 0 Å². The standard InChI is InChI=1S/C19H18F4N2O5S/c20-13-2-1-11(18(27)24-12-8-14(21)17(23)15(22)9-12)7-16(13)31(29,30)25-5-3-19(28,10-26)4-6-25/h1-2,7-9,26,28H,3-6,10H2,(H,24,27). The number of hydrogen-bond donors (Lipinski definition) is 3. The lowest BCUT2D eigenvalue weighted by Crippen LogP contribution is -2.48. The fraction of sp³-hybridized carbons (Fsp3) is 0.316. The van der Waals surface area contributed by atoms with Crippen molar-refractivity contribution >= 4 is 21.6 Å². The van der Waals surface area contributed by atoms with Gasteiger partial charge in [0.05, 0.1) is 12.2 Å². The summed E-state index contributed by atoms with van der Waals surface area (Å²) in [6, 6.07) is 3.56. The summed E-state index contributed by atoms with van der Waals surface area (Å²) in [4.78, 5) is 11.6. The largest absolute Gasteiger partial charge is 0.393 e. The molecule has 0 radical (unpaired) electrons. The van der Waals surface area contributed by atoms with E-state index in [2.05, 4.69) is 5.32 Å². The van der Waals surface area contributed by atoms with Crippen LogP contribution in [0, 0.1) is 23.3 Å². The molecule has 1 aliphatic rings. The van der Waals surface area contributed by atoms with E-state index in [-0.39, 0.29) is 31.5 Å². The Hall–Kier alpha value is -2.54. The Bertz CT molecular complexity index is 1100. The van der Waals surface area contributed by atoms with Crippen molar-refractivity contribution in [3.05, 3.63) is 59.2 Å². The fourth-order valence-electron chi connectivity index (χ4n) is 3.11. The number of aliphatic hydroxyl groups is 2. The summed E-state index contributed by atoms with van der Waals surface area (Å²) in [7, 11) is -4.38. The molecule has 1 heterocycles. The van der Waals surface area contributed by atoms with Crippen LogP contribution in [0.1, 0.15) is 23.2 Å². The van der Waals surface area contributed by atoms with Crippen LogP contribution in [0.3, 0.4) is 0 Å². The predicted octanol–water partition coefficient (Wildman–Crippen LogP) is 2.00. The van der Waals surface area contributed by atoms with Crippen molar-refractivity contribution in [2.75, 3.05) is 25.0 Å². The second-order valence-corrected chi connectivity index (χ2v) is 9.05. The van der Waals surface area contributed by atoms with E-state index in [1.165, 1.54) is 0 Å². The number of carbonyl (C=O) groups excluding carboxylic acids is 1. The number of benzene rings is 2. The number of anilines is 1. The van der Waals surface area contributed by atoms with Crippen molar-refractivity contribution in [3.63, 3.8) is 0 Å². The minimum absolute atomic E-state index is 0.0633. The molecule has 1 aliphatic heterocycles. The summed E-state index contributed by atoms with van der Waals surface area (Å²) in [5.41, 5.74) is -2.17. The summed E-state index contributed by atoms with van der Waals surface area (Å²) < 4.78 is 80.6. The first-order valence-corrected chi connectivity index (χ1v) is 10.5. The van der Waals surface area contributed by atoms with Gasteiger partial charge in [-0.25, -0.2) is 26.0 Å². The Balaban J connectivity index is 1.85. The average molecular weight is 462 g/mol. The number of carbonyl (C=O) groups is 1. The van der Waals surface area contributed by atoms with Gasteiger partial charge in [0.25, 0.3) is 5.91 Å². The maximum Gasteiger partial charge on any atom is 0.255 e. The highest BCUT2D eigenvalue weighted by atomic mass is 32.2. The molecule has 0 spiro atoms. The number of sulfonamides is 1. The molecule has 1 saturated heterocycles. The SMILES string of the molecule is O=C(Nc1cc(F)c(F)c(F)c1)c1ccc(F)c(S(=O)(=O)N2CCC(O)(CO)CC2)c1. The zero-order valence-electron chi connectivity index (χ0n) is 15.9. The maximum atomic E-state index is 14.3. The molecule has 0 saturated carbocycles. The molecule has 1 amide bonds. The third kappa shape index (κ3) is 4.71. The third-order valence-electron chi connectivity index (χ3n) is 5.00. The summed E-state index contributed by atoms with van der Waals surface area (Å²) in [6.07, 6.45) is -0.127. The van der Waals surface area contributed by atoms with Crippen molar-refractivity contribution in [1.29, 1.82) is 0 Å². The predicted molar refractivity (Wildman–Crippen MR) is 101 cm³/mol. The first kappa shape index (κ1) is 23.1. The Morgan fingerprint density at radius 3 is 2.16 bits per heavy atom. The van der Waals surface area contributed by atoms with Gasteiger partial charge < -0.3 is 15.5 Å². The minimum Gasteiger partial charge on any atom is -0.393 e. The van der Waals surface area contributed by atoms with Crippen LogP contribution in [-0.4, -0.2) is 54.1 Å². The Morgan fingerprint density at radius 2 is 1.61 bits per heavy atom. The van der Waals surface area contributed by atoms with Crippen molar-refractivity contribution in [3.8, 4) is 0 Å². The molecule has 2 aromatic rings. The van der Waals surface area contributed by atoms with E-state index >= 15 is 0 Å². The van der Waals surface area contributed by atoms with E-state index < -0.39 is 62.0 Å². The average Bonchev–Trinajstić information content (AvgIpc) is 2.72. The number of piperidine rings is 1. The number of nitrogens with zero attached hydrogens (tertiary/aromatic N) is 1. The van der Waals surface area contributed by atoms with E-state index in [0.29, 0.717) is 12.1 Å². The normalized spacial score (nSPS) is 16.8. The zero-order valence-corrected chi connectivity index (χ0v) is 16.7. The van der Waals surface area contributed by atoms with E-state index in [0.717, 1.165) is 22.5 Å². The van der Waals surface area contributed by atoms with E-state index in [4.69, 9.17) is 0 Å². The van der Waals surface area contributed by atoms with Crippen molar-refractivity contribution < 1.29 is 41.0 Å². The second-order valence-electron chi connectivity index (χ2n) is 7.14. The minimum atomic E-state index is -4.38. The van der Waals surface area contributed by atoms with Crippen LogP contribution in [0.25, 0.3) is 0 Å². The topological polar surface area (TPSA) is 107 Å².